The lowest BCUT2D eigenvalue weighted by atomic mass is 10.1. The van der Waals surface area contributed by atoms with Crippen LogP contribution in [0.15, 0.2) is 34.9 Å². The van der Waals surface area contributed by atoms with E-state index in [1.165, 1.54) is 6.20 Å². The second kappa shape index (κ2) is 5.35. The predicted molar refractivity (Wildman–Crippen MR) is 63.9 cm³/mol. The zero-order valence-electron chi connectivity index (χ0n) is 9.92. The Hall–Kier alpha value is -2.30. The number of carboxylic acids is 1. The van der Waals surface area contributed by atoms with Crippen LogP contribution >= 0.6 is 0 Å². The smallest absolute Gasteiger partial charge is 0.373 e. The minimum atomic E-state index is -1.11. The molecule has 18 heavy (non-hydrogen) atoms. The highest BCUT2D eigenvalue weighted by Gasteiger charge is 2.11. The highest BCUT2D eigenvalue weighted by atomic mass is 16.5. The first-order valence-corrected chi connectivity index (χ1v) is 5.58. The molecule has 0 saturated carbocycles. The van der Waals surface area contributed by atoms with E-state index in [0.717, 1.165) is 11.3 Å². The Morgan fingerprint density at radius 1 is 1.50 bits per heavy atom. The molecule has 0 aliphatic heterocycles. The Morgan fingerprint density at radius 2 is 2.33 bits per heavy atom. The fraction of sp³-hybridized carbons (Fsp3) is 0.231. The summed E-state index contributed by atoms with van der Waals surface area (Å²) in [6.07, 6.45) is 1.65. The van der Waals surface area contributed by atoms with Crippen LogP contribution in [0.1, 0.15) is 28.9 Å². The molecule has 0 amide bonds. The maximum absolute atomic E-state index is 10.7. The van der Waals surface area contributed by atoms with Crippen molar-refractivity contribution < 1.29 is 19.1 Å². The van der Waals surface area contributed by atoms with E-state index in [9.17, 15) is 4.79 Å². The summed E-state index contributed by atoms with van der Waals surface area (Å²) in [5.74, 6) is -0.108. The molecule has 5 heteroatoms. The quantitative estimate of drug-likeness (QED) is 0.878. The number of aromatic carboxylic acids is 1. The largest absolute Gasteiger partial charge is 0.494 e. The number of rotatable bonds is 5. The van der Waals surface area contributed by atoms with Crippen LogP contribution in [0.5, 0.6) is 5.75 Å². The number of aromatic nitrogens is 1. The molecule has 94 valence electrons. The van der Waals surface area contributed by atoms with Gasteiger partial charge in [-0.2, -0.15) is 0 Å². The highest BCUT2D eigenvalue weighted by molar-refractivity contribution is 5.83. The van der Waals surface area contributed by atoms with E-state index in [0.29, 0.717) is 18.9 Å². The molecular weight excluding hydrogens is 234 g/mol. The Kier molecular flexibility index (Phi) is 3.62. The first-order valence-electron chi connectivity index (χ1n) is 5.58. The van der Waals surface area contributed by atoms with Crippen molar-refractivity contribution in [3.63, 3.8) is 0 Å². The van der Waals surface area contributed by atoms with Crippen molar-refractivity contribution in [2.24, 2.45) is 0 Å². The van der Waals surface area contributed by atoms with Gasteiger partial charge in [0.15, 0.2) is 5.89 Å². The van der Waals surface area contributed by atoms with Crippen molar-refractivity contribution in [2.75, 3.05) is 6.61 Å². The SMILES string of the molecule is CCOc1cccc(Cc2ncc(C(=O)O)o2)c1. The molecule has 2 aromatic rings. The van der Waals surface area contributed by atoms with E-state index in [2.05, 4.69) is 4.98 Å². The van der Waals surface area contributed by atoms with Gasteiger partial charge in [-0.05, 0) is 24.6 Å². The van der Waals surface area contributed by atoms with Gasteiger partial charge in [0.2, 0.25) is 5.76 Å². The molecule has 0 atom stereocenters. The number of hydrogen-bond donors (Lipinski definition) is 1. The van der Waals surface area contributed by atoms with Gasteiger partial charge in [0.25, 0.3) is 0 Å². The van der Waals surface area contributed by atoms with Crippen LogP contribution in [0.3, 0.4) is 0 Å². The van der Waals surface area contributed by atoms with E-state index >= 15 is 0 Å². The second-order valence-corrected chi connectivity index (χ2v) is 3.68. The van der Waals surface area contributed by atoms with E-state index in [4.69, 9.17) is 14.3 Å². The molecule has 1 N–H and O–H groups in total. The summed E-state index contributed by atoms with van der Waals surface area (Å²) in [7, 11) is 0. The van der Waals surface area contributed by atoms with Crippen molar-refractivity contribution in [1.29, 1.82) is 0 Å². The van der Waals surface area contributed by atoms with Crippen molar-refractivity contribution >= 4 is 5.97 Å². The fourth-order valence-electron chi connectivity index (χ4n) is 1.58. The van der Waals surface area contributed by atoms with Crippen molar-refractivity contribution in [3.8, 4) is 5.75 Å². The minimum Gasteiger partial charge on any atom is -0.494 e. The molecule has 1 heterocycles. The fourth-order valence-corrected chi connectivity index (χ4v) is 1.58. The topological polar surface area (TPSA) is 72.6 Å². The molecule has 1 aromatic carbocycles. The molecule has 1 aromatic heterocycles. The number of benzene rings is 1. The maximum Gasteiger partial charge on any atom is 0.373 e. The van der Waals surface area contributed by atoms with Gasteiger partial charge in [-0.25, -0.2) is 9.78 Å². The van der Waals surface area contributed by atoms with Crippen LogP contribution in [-0.2, 0) is 6.42 Å². The summed E-state index contributed by atoms with van der Waals surface area (Å²) in [4.78, 5) is 14.6. The maximum atomic E-state index is 10.7. The summed E-state index contributed by atoms with van der Waals surface area (Å²) < 4.78 is 10.5. The normalized spacial score (nSPS) is 10.3. The average molecular weight is 247 g/mol. The number of oxazole rings is 1. The minimum absolute atomic E-state index is 0.147. The number of carbonyl (C=O) groups is 1. The Balaban J connectivity index is 2.12. The molecule has 0 spiro atoms. The molecule has 0 aliphatic rings. The lowest BCUT2D eigenvalue weighted by molar-refractivity contribution is 0.0660. The van der Waals surface area contributed by atoms with Crippen LogP contribution in [-0.4, -0.2) is 22.7 Å². The lowest BCUT2D eigenvalue weighted by Crippen LogP contribution is -1.94. The molecule has 5 nitrogen and oxygen atoms in total. The molecule has 0 saturated heterocycles. The van der Waals surface area contributed by atoms with Gasteiger partial charge >= 0.3 is 5.97 Å². The number of hydrogen-bond acceptors (Lipinski definition) is 4. The third-order valence-electron chi connectivity index (χ3n) is 2.33. The number of ether oxygens (including phenoxy) is 1. The number of carboxylic acid groups (broad SMARTS) is 1. The van der Waals surface area contributed by atoms with E-state index in [1.807, 2.05) is 31.2 Å². The van der Waals surface area contributed by atoms with E-state index < -0.39 is 5.97 Å². The molecule has 0 bridgehead atoms. The monoisotopic (exact) mass is 247 g/mol. The van der Waals surface area contributed by atoms with Gasteiger partial charge < -0.3 is 14.3 Å². The molecular formula is C13H13NO4. The Morgan fingerprint density at radius 3 is 3.00 bits per heavy atom. The second-order valence-electron chi connectivity index (χ2n) is 3.68. The Bertz CT molecular complexity index is 547. The van der Waals surface area contributed by atoms with Gasteiger partial charge in [0, 0.05) is 6.42 Å². The standard InChI is InChI=1S/C13H13NO4/c1-2-17-10-5-3-4-9(6-10)7-12-14-8-11(18-12)13(15)16/h3-6,8H,2,7H2,1H3,(H,15,16). The zero-order chi connectivity index (χ0) is 13.0. The van der Waals surface area contributed by atoms with E-state index in [-0.39, 0.29) is 5.76 Å². The molecule has 0 unspecified atom stereocenters. The summed E-state index contributed by atoms with van der Waals surface area (Å²) in [6, 6.07) is 7.54. The van der Waals surface area contributed by atoms with Gasteiger partial charge in [-0.1, -0.05) is 12.1 Å². The molecule has 2 rings (SSSR count). The third-order valence-corrected chi connectivity index (χ3v) is 2.33. The molecule has 0 fully saturated rings. The number of nitrogens with zero attached hydrogens (tertiary/aromatic N) is 1. The summed E-state index contributed by atoms with van der Waals surface area (Å²) in [6.45, 7) is 2.52. The first kappa shape index (κ1) is 12.2. The van der Waals surface area contributed by atoms with Crippen LogP contribution in [0.2, 0.25) is 0 Å². The Labute approximate surface area is 104 Å². The van der Waals surface area contributed by atoms with Crippen molar-refractivity contribution in [1.82, 2.24) is 4.98 Å². The first-order chi connectivity index (χ1) is 8.69. The van der Waals surface area contributed by atoms with Crippen LogP contribution < -0.4 is 4.74 Å². The van der Waals surface area contributed by atoms with E-state index in [1.54, 1.807) is 0 Å². The van der Waals surface area contributed by atoms with Crippen molar-refractivity contribution in [2.45, 2.75) is 13.3 Å². The summed E-state index contributed by atoms with van der Waals surface area (Å²) >= 11 is 0. The van der Waals surface area contributed by atoms with Crippen LogP contribution in [0, 0.1) is 0 Å². The van der Waals surface area contributed by atoms with Crippen LogP contribution in [0.25, 0.3) is 0 Å². The van der Waals surface area contributed by atoms with Gasteiger partial charge in [-0.3, -0.25) is 0 Å². The highest BCUT2D eigenvalue weighted by Crippen LogP contribution is 2.16. The lowest BCUT2D eigenvalue weighted by Gasteiger charge is -2.04. The zero-order valence-corrected chi connectivity index (χ0v) is 9.92. The summed E-state index contributed by atoms with van der Waals surface area (Å²) in [5.41, 5.74) is 0.958. The summed E-state index contributed by atoms with van der Waals surface area (Å²) in [5, 5.41) is 8.72. The van der Waals surface area contributed by atoms with Gasteiger partial charge in [0.1, 0.15) is 5.75 Å². The third kappa shape index (κ3) is 2.88. The predicted octanol–water partition coefficient (Wildman–Crippen LogP) is 2.36. The van der Waals surface area contributed by atoms with Crippen LogP contribution in [0.4, 0.5) is 0 Å². The molecule has 0 aliphatic carbocycles. The van der Waals surface area contributed by atoms with Gasteiger partial charge in [-0.15, -0.1) is 0 Å². The molecule has 0 radical (unpaired) electrons. The average Bonchev–Trinajstić information content (AvgIpc) is 2.78. The van der Waals surface area contributed by atoms with Gasteiger partial charge in [0.05, 0.1) is 12.8 Å². The van der Waals surface area contributed by atoms with Crippen molar-refractivity contribution in [3.05, 3.63) is 47.7 Å².